The van der Waals surface area contributed by atoms with Gasteiger partial charge in [-0.2, -0.15) is 0 Å². The second kappa shape index (κ2) is 7.00. The zero-order valence-electron chi connectivity index (χ0n) is 13.2. The van der Waals surface area contributed by atoms with Crippen molar-refractivity contribution < 1.29 is 9.84 Å². The second-order valence-corrected chi connectivity index (χ2v) is 5.89. The molecule has 1 aromatic carbocycles. The van der Waals surface area contributed by atoms with Crippen molar-refractivity contribution in [3.63, 3.8) is 0 Å². The molecule has 0 amide bonds. The molecule has 0 aliphatic carbocycles. The number of piperidine rings is 1. The molecule has 0 bridgehead atoms. The lowest BCUT2D eigenvalue weighted by Crippen LogP contribution is -2.48. The number of nitrogen functional groups attached to an aromatic ring is 1. The molecule has 2 rings (SSSR count). The lowest BCUT2D eigenvalue weighted by molar-refractivity contribution is 0.142. The summed E-state index contributed by atoms with van der Waals surface area (Å²) in [6.45, 7) is 5.81. The SMILES string of the molecule is COc1cc(N)ccc1N1CCC(NC(C)C(C)O)CC1. The fraction of sp³-hybridized carbons (Fsp3) is 0.625. The van der Waals surface area contributed by atoms with E-state index in [4.69, 9.17) is 10.5 Å². The summed E-state index contributed by atoms with van der Waals surface area (Å²) in [5.74, 6) is 0.832. The lowest BCUT2D eigenvalue weighted by Gasteiger charge is -2.36. The monoisotopic (exact) mass is 293 g/mol. The maximum atomic E-state index is 9.57. The first-order valence-corrected chi connectivity index (χ1v) is 7.64. The van der Waals surface area contributed by atoms with Crippen LogP contribution in [0.4, 0.5) is 11.4 Å². The van der Waals surface area contributed by atoms with Gasteiger partial charge in [-0.1, -0.05) is 0 Å². The first-order valence-electron chi connectivity index (χ1n) is 7.64. The number of nitrogens with two attached hydrogens (primary N) is 1. The highest BCUT2D eigenvalue weighted by Gasteiger charge is 2.23. The molecule has 1 aliphatic rings. The fourth-order valence-electron chi connectivity index (χ4n) is 2.75. The van der Waals surface area contributed by atoms with Gasteiger partial charge in [0.2, 0.25) is 0 Å². The summed E-state index contributed by atoms with van der Waals surface area (Å²) in [7, 11) is 1.68. The van der Waals surface area contributed by atoms with Crippen molar-refractivity contribution in [3.8, 4) is 5.75 Å². The Bertz CT molecular complexity index is 457. The molecular weight excluding hydrogens is 266 g/mol. The average molecular weight is 293 g/mol. The smallest absolute Gasteiger partial charge is 0.144 e. The Morgan fingerprint density at radius 3 is 2.57 bits per heavy atom. The molecular formula is C16H27N3O2. The van der Waals surface area contributed by atoms with Gasteiger partial charge in [-0.05, 0) is 38.8 Å². The highest BCUT2D eigenvalue weighted by Crippen LogP contribution is 2.32. The van der Waals surface area contributed by atoms with E-state index in [0.29, 0.717) is 6.04 Å². The van der Waals surface area contributed by atoms with Crippen LogP contribution in [-0.2, 0) is 0 Å². The number of nitrogens with zero attached hydrogens (tertiary/aromatic N) is 1. The van der Waals surface area contributed by atoms with Gasteiger partial charge in [0.15, 0.2) is 0 Å². The Morgan fingerprint density at radius 2 is 2.00 bits per heavy atom. The van der Waals surface area contributed by atoms with Crippen LogP contribution in [0, 0.1) is 0 Å². The van der Waals surface area contributed by atoms with Crippen molar-refractivity contribution >= 4 is 11.4 Å². The number of rotatable bonds is 5. The van der Waals surface area contributed by atoms with E-state index < -0.39 is 0 Å². The molecule has 21 heavy (non-hydrogen) atoms. The van der Waals surface area contributed by atoms with Gasteiger partial charge in [0.1, 0.15) is 5.75 Å². The van der Waals surface area contributed by atoms with Gasteiger partial charge < -0.3 is 25.8 Å². The van der Waals surface area contributed by atoms with E-state index in [1.54, 1.807) is 7.11 Å². The predicted molar refractivity (Wildman–Crippen MR) is 86.9 cm³/mol. The third kappa shape index (κ3) is 4.02. The summed E-state index contributed by atoms with van der Waals surface area (Å²) in [6, 6.07) is 6.41. The maximum Gasteiger partial charge on any atom is 0.144 e. The number of ether oxygens (including phenoxy) is 1. The zero-order chi connectivity index (χ0) is 15.4. The van der Waals surface area contributed by atoms with Gasteiger partial charge in [-0.15, -0.1) is 0 Å². The van der Waals surface area contributed by atoms with E-state index in [-0.39, 0.29) is 12.1 Å². The third-order valence-electron chi connectivity index (χ3n) is 4.26. The molecule has 4 N–H and O–H groups in total. The van der Waals surface area contributed by atoms with E-state index in [2.05, 4.69) is 10.2 Å². The first-order chi connectivity index (χ1) is 10.0. The van der Waals surface area contributed by atoms with Crippen LogP contribution in [0.25, 0.3) is 0 Å². The first kappa shape index (κ1) is 15.9. The number of anilines is 2. The van der Waals surface area contributed by atoms with Crippen molar-refractivity contribution in [2.45, 2.75) is 44.9 Å². The van der Waals surface area contributed by atoms with E-state index in [9.17, 15) is 5.11 Å². The number of aliphatic hydroxyl groups is 1. The molecule has 0 radical (unpaired) electrons. The highest BCUT2D eigenvalue weighted by molar-refractivity contribution is 5.64. The Hall–Kier alpha value is -1.46. The van der Waals surface area contributed by atoms with Crippen molar-refractivity contribution in [2.75, 3.05) is 30.8 Å². The minimum Gasteiger partial charge on any atom is -0.495 e. The average Bonchev–Trinajstić information content (AvgIpc) is 2.48. The minimum absolute atomic E-state index is 0.132. The van der Waals surface area contributed by atoms with Gasteiger partial charge >= 0.3 is 0 Å². The van der Waals surface area contributed by atoms with E-state index in [1.807, 2.05) is 32.0 Å². The van der Waals surface area contributed by atoms with Crippen LogP contribution in [0.3, 0.4) is 0 Å². The van der Waals surface area contributed by atoms with E-state index >= 15 is 0 Å². The van der Waals surface area contributed by atoms with E-state index in [1.165, 1.54) is 0 Å². The largest absolute Gasteiger partial charge is 0.495 e. The highest BCUT2D eigenvalue weighted by atomic mass is 16.5. The summed E-state index contributed by atoms with van der Waals surface area (Å²) in [4.78, 5) is 2.34. The van der Waals surface area contributed by atoms with Crippen LogP contribution >= 0.6 is 0 Å². The van der Waals surface area contributed by atoms with Crippen molar-refractivity contribution in [1.29, 1.82) is 0 Å². The molecule has 2 unspecified atom stereocenters. The number of hydrogen-bond donors (Lipinski definition) is 3. The Morgan fingerprint density at radius 1 is 1.33 bits per heavy atom. The zero-order valence-corrected chi connectivity index (χ0v) is 13.2. The van der Waals surface area contributed by atoms with Crippen molar-refractivity contribution in [1.82, 2.24) is 5.32 Å². The van der Waals surface area contributed by atoms with Crippen molar-refractivity contribution in [2.24, 2.45) is 0 Å². The van der Waals surface area contributed by atoms with E-state index in [0.717, 1.165) is 43.1 Å². The number of methoxy groups -OCH3 is 1. The third-order valence-corrected chi connectivity index (χ3v) is 4.26. The molecule has 0 aromatic heterocycles. The molecule has 1 aromatic rings. The Balaban J connectivity index is 1.95. The van der Waals surface area contributed by atoms with Gasteiger partial charge in [-0.25, -0.2) is 0 Å². The molecule has 0 saturated carbocycles. The summed E-state index contributed by atoms with van der Waals surface area (Å²) in [5.41, 5.74) is 7.63. The summed E-state index contributed by atoms with van der Waals surface area (Å²) >= 11 is 0. The van der Waals surface area contributed by atoms with Crippen LogP contribution in [0.5, 0.6) is 5.75 Å². The number of nitrogens with one attached hydrogen (secondary N) is 1. The molecule has 2 atom stereocenters. The van der Waals surface area contributed by atoms with Crippen LogP contribution in [0.1, 0.15) is 26.7 Å². The molecule has 1 fully saturated rings. The fourth-order valence-corrected chi connectivity index (χ4v) is 2.75. The van der Waals surface area contributed by atoms with Crippen LogP contribution in [-0.4, -0.2) is 43.5 Å². The Kier molecular flexibility index (Phi) is 5.31. The van der Waals surface area contributed by atoms with Gasteiger partial charge in [0.05, 0.1) is 18.9 Å². The molecule has 1 heterocycles. The van der Waals surface area contributed by atoms with Crippen LogP contribution in [0.2, 0.25) is 0 Å². The van der Waals surface area contributed by atoms with Gasteiger partial charge in [0.25, 0.3) is 0 Å². The topological polar surface area (TPSA) is 70.8 Å². The number of aliphatic hydroxyl groups excluding tert-OH is 1. The standard InChI is InChI=1S/C16H27N3O2/c1-11(12(2)20)18-14-6-8-19(9-7-14)15-5-4-13(17)10-16(15)21-3/h4-5,10-12,14,18,20H,6-9,17H2,1-3H3. The number of hydrogen-bond acceptors (Lipinski definition) is 5. The summed E-state index contributed by atoms with van der Waals surface area (Å²) in [6.07, 6.45) is 1.80. The maximum absolute atomic E-state index is 9.57. The van der Waals surface area contributed by atoms with Crippen LogP contribution < -0.4 is 20.7 Å². The quantitative estimate of drug-likeness (QED) is 0.719. The second-order valence-electron chi connectivity index (χ2n) is 5.89. The molecule has 118 valence electrons. The molecule has 1 saturated heterocycles. The predicted octanol–water partition coefficient (Wildman–Crippen LogP) is 1.61. The normalized spacial score (nSPS) is 19.3. The van der Waals surface area contributed by atoms with Crippen molar-refractivity contribution in [3.05, 3.63) is 18.2 Å². The van der Waals surface area contributed by atoms with Crippen LogP contribution in [0.15, 0.2) is 18.2 Å². The van der Waals surface area contributed by atoms with Gasteiger partial charge in [0, 0.05) is 36.9 Å². The minimum atomic E-state index is -0.319. The molecule has 0 spiro atoms. The molecule has 5 heteroatoms. The lowest BCUT2D eigenvalue weighted by atomic mass is 10.0. The molecule has 5 nitrogen and oxygen atoms in total. The Labute approximate surface area is 127 Å². The summed E-state index contributed by atoms with van der Waals surface area (Å²) in [5, 5.41) is 13.1. The van der Waals surface area contributed by atoms with Gasteiger partial charge in [-0.3, -0.25) is 0 Å². The number of benzene rings is 1. The molecule has 1 aliphatic heterocycles. The summed E-state index contributed by atoms with van der Waals surface area (Å²) < 4.78 is 5.43.